The predicted octanol–water partition coefficient (Wildman–Crippen LogP) is 5.07. The minimum atomic E-state index is 0.460. The van der Waals surface area contributed by atoms with Crippen LogP contribution in [0.2, 0.25) is 0 Å². The molecular formula is C21H25NO3. The lowest BCUT2D eigenvalue weighted by atomic mass is 9.93. The molecule has 0 N–H and O–H groups in total. The summed E-state index contributed by atoms with van der Waals surface area (Å²) in [5.41, 5.74) is 2.77. The third-order valence-electron chi connectivity index (χ3n) is 4.37. The topological polar surface area (TPSA) is 32.0 Å². The van der Waals surface area contributed by atoms with Crippen molar-refractivity contribution in [2.24, 2.45) is 5.92 Å². The van der Waals surface area contributed by atoms with E-state index in [9.17, 15) is 0 Å². The molecule has 0 aliphatic carbocycles. The Hall–Kier alpha value is -2.67. The van der Waals surface area contributed by atoms with Gasteiger partial charge in [0, 0.05) is 0 Å². The van der Waals surface area contributed by atoms with E-state index in [1.165, 1.54) is 5.56 Å². The average Bonchev–Trinajstić information content (AvgIpc) is 2.66. The van der Waals surface area contributed by atoms with Crippen LogP contribution in [0.1, 0.15) is 24.5 Å². The molecule has 0 aromatic heterocycles. The van der Waals surface area contributed by atoms with Crippen molar-refractivity contribution in [3.8, 4) is 17.2 Å². The fraction of sp³-hybridized carbons (Fsp3) is 0.381. The van der Waals surface area contributed by atoms with Crippen molar-refractivity contribution < 1.29 is 14.2 Å². The lowest BCUT2D eigenvalue weighted by Crippen LogP contribution is -2.04. The molecule has 1 atom stereocenters. The Kier molecular flexibility index (Phi) is 6.71. The Morgan fingerprint density at radius 2 is 1.60 bits per heavy atom. The van der Waals surface area contributed by atoms with Crippen LogP contribution in [0.3, 0.4) is 0 Å². The molecule has 0 heterocycles. The molecule has 0 saturated carbocycles. The molecule has 0 aliphatic heterocycles. The second-order valence-corrected chi connectivity index (χ2v) is 6.11. The standard InChI is InChI=1S/C21H25NO3/c1-15(10-11-16-8-6-7-9-19(16)23-3)12-17-13-21(25-5)18(22-2)14-20(17)24-4/h6-9,13-15H,10-12H2,1,3-5H3. The minimum absolute atomic E-state index is 0.460. The van der Waals surface area contributed by atoms with Gasteiger partial charge in [-0.05, 0) is 54.5 Å². The van der Waals surface area contributed by atoms with Gasteiger partial charge >= 0.3 is 0 Å². The second kappa shape index (κ2) is 8.98. The molecular weight excluding hydrogens is 314 g/mol. The van der Waals surface area contributed by atoms with Gasteiger partial charge < -0.3 is 14.2 Å². The number of para-hydroxylation sites is 1. The Morgan fingerprint density at radius 1 is 0.920 bits per heavy atom. The van der Waals surface area contributed by atoms with Gasteiger partial charge in [-0.15, -0.1) is 0 Å². The fourth-order valence-corrected chi connectivity index (χ4v) is 2.98. The molecule has 4 nitrogen and oxygen atoms in total. The summed E-state index contributed by atoms with van der Waals surface area (Å²) in [4.78, 5) is 3.50. The Labute approximate surface area is 150 Å². The summed E-state index contributed by atoms with van der Waals surface area (Å²) in [6.45, 7) is 9.48. The predicted molar refractivity (Wildman–Crippen MR) is 100.0 cm³/mol. The van der Waals surface area contributed by atoms with Gasteiger partial charge in [-0.1, -0.05) is 25.1 Å². The second-order valence-electron chi connectivity index (χ2n) is 6.11. The van der Waals surface area contributed by atoms with Gasteiger partial charge in [0.15, 0.2) is 0 Å². The Bertz CT molecular complexity index is 749. The first-order valence-electron chi connectivity index (χ1n) is 8.37. The molecule has 4 heteroatoms. The lowest BCUT2D eigenvalue weighted by molar-refractivity contribution is 0.394. The van der Waals surface area contributed by atoms with Crippen molar-refractivity contribution in [3.63, 3.8) is 0 Å². The molecule has 0 radical (unpaired) electrons. The van der Waals surface area contributed by atoms with Crippen LogP contribution in [0.4, 0.5) is 5.69 Å². The van der Waals surface area contributed by atoms with Gasteiger partial charge in [-0.2, -0.15) is 0 Å². The van der Waals surface area contributed by atoms with E-state index in [0.717, 1.165) is 36.3 Å². The Balaban J connectivity index is 2.09. The number of nitrogens with zero attached hydrogens (tertiary/aromatic N) is 1. The number of aryl methyl sites for hydroxylation is 1. The molecule has 1 unspecified atom stereocenters. The van der Waals surface area contributed by atoms with Crippen molar-refractivity contribution in [1.82, 2.24) is 0 Å². The summed E-state index contributed by atoms with van der Waals surface area (Å²) < 4.78 is 16.2. The van der Waals surface area contributed by atoms with Crippen LogP contribution < -0.4 is 14.2 Å². The van der Waals surface area contributed by atoms with Gasteiger partial charge in [0.1, 0.15) is 17.2 Å². The van der Waals surface area contributed by atoms with Crippen LogP contribution >= 0.6 is 0 Å². The molecule has 2 rings (SSSR count). The quantitative estimate of drug-likeness (QED) is 0.629. The van der Waals surface area contributed by atoms with Gasteiger partial charge in [-0.25, -0.2) is 4.85 Å². The van der Waals surface area contributed by atoms with Gasteiger partial charge in [-0.3, -0.25) is 0 Å². The van der Waals surface area contributed by atoms with Crippen LogP contribution in [-0.4, -0.2) is 21.3 Å². The number of methoxy groups -OCH3 is 3. The number of hydrogen-bond acceptors (Lipinski definition) is 3. The zero-order valence-electron chi connectivity index (χ0n) is 15.3. The smallest absolute Gasteiger partial charge is 0.231 e. The van der Waals surface area contributed by atoms with E-state index >= 15 is 0 Å². The molecule has 0 aliphatic rings. The Morgan fingerprint density at radius 3 is 2.24 bits per heavy atom. The monoisotopic (exact) mass is 339 g/mol. The van der Waals surface area contributed by atoms with E-state index in [-0.39, 0.29) is 0 Å². The molecule has 25 heavy (non-hydrogen) atoms. The molecule has 0 bridgehead atoms. The zero-order chi connectivity index (χ0) is 18.2. The van der Waals surface area contributed by atoms with E-state index in [4.69, 9.17) is 20.8 Å². The molecule has 0 spiro atoms. The summed E-state index contributed by atoms with van der Waals surface area (Å²) in [6.07, 6.45) is 2.87. The van der Waals surface area contributed by atoms with Crippen molar-refractivity contribution >= 4 is 5.69 Å². The van der Waals surface area contributed by atoms with Crippen molar-refractivity contribution in [2.75, 3.05) is 21.3 Å². The SMILES string of the molecule is [C-]#[N+]c1cc(OC)c(CC(C)CCc2ccccc2OC)cc1OC. The summed E-state index contributed by atoms with van der Waals surface area (Å²) in [7, 11) is 4.93. The maximum atomic E-state index is 7.25. The van der Waals surface area contributed by atoms with Crippen LogP contribution in [0.15, 0.2) is 36.4 Å². The van der Waals surface area contributed by atoms with Crippen molar-refractivity contribution in [3.05, 3.63) is 58.9 Å². The van der Waals surface area contributed by atoms with Gasteiger partial charge in [0.05, 0.1) is 27.9 Å². The number of benzene rings is 2. The van der Waals surface area contributed by atoms with Crippen molar-refractivity contribution in [1.29, 1.82) is 0 Å². The molecule has 2 aromatic rings. The third kappa shape index (κ3) is 4.67. The summed E-state index contributed by atoms with van der Waals surface area (Å²) in [5.74, 6) is 2.75. The van der Waals surface area contributed by atoms with E-state index in [2.05, 4.69) is 17.8 Å². The van der Waals surface area contributed by atoms with E-state index in [1.54, 1.807) is 27.4 Å². The fourth-order valence-electron chi connectivity index (χ4n) is 2.98. The summed E-state index contributed by atoms with van der Waals surface area (Å²) >= 11 is 0. The van der Waals surface area contributed by atoms with Crippen LogP contribution in [0.5, 0.6) is 17.2 Å². The molecule has 0 saturated heterocycles. The van der Waals surface area contributed by atoms with E-state index in [1.807, 2.05) is 24.3 Å². The number of ether oxygens (including phenoxy) is 3. The van der Waals surface area contributed by atoms with Crippen molar-refractivity contribution in [2.45, 2.75) is 26.2 Å². The van der Waals surface area contributed by atoms with E-state index in [0.29, 0.717) is 17.4 Å². The first kappa shape index (κ1) is 18.7. The van der Waals surface area contributed by atoms with Crippen LogP contribution in [-0.2, 0) is 12.8 Å². The molecule has 0 fully saturated rings. The molecule has 132 valence electrons. The highest BCUT2D eigenvalue weighted by molar-refractivity contribution is 5.63. The number of hydrogen-bond donors (Lipinski definition) is 0. The maximum absolute atomic E-state index is 7.25. The highest BCUT2D eigenvalue weighted by atomic mass is 16.5. The summed E-state index contributed by atoms with van der Waals surface area (Å²) in [6, 6.07) is 11.8. The minimum Gasteiger partial charge on any atom is -0.508 e. The van der Waals surface area contributed by atoms with Crippen LogP contribution in [0.25, 0.3) is 4.85 Å². The third-order valence-corrected chi connectivity index (χ3v) is 4.37. The largest absolute Gasteiger partial charge is 0.508 e. The lowest BCUT2D eigenvalue weighted by Gasteiger charge is -2.17. The first-order valence-corrected chi connectivity index (χ1v) is 8.37. The van der Waals surface area contributed by atoms with Gasteiger partial charge in [0.25, 0.3) is 0 Å². The summed E-state index contributed by atoms with van der Waals surface area (Å²) in [5, 5.41) is 0. The zero-order valence-corrected chi connectivity index (χ0v) is 15.3. The maximum Gasteiger partial charge on any atom is 0.231 e. The normalized spacial score (nSPS) is 11.5. The van der Waals surface area contributed by atoms with Gasteiger partial charge in [0.2, 0.25) is 5.69 Å². The first-order chi connectivity index (χ1) is 12.1. The average molecular weight is 339 g/mol. The number of rotatable bonds is 8. The highest BCUT2D eigenvalue weighted by Crippen LogP contribution is 2.36. The molecule has 2 aromatic carbocycles. The van der Waals surface area contributed by atoms with E-state index < -0.39 is 0 Å². The van der Waals surface area contributed by atoms with Crippen LogP contribution in [0, 0.1) is 12.5 Å². The molecule has 0 amide bonds. The highest BCUT2D eigenvalue weighted by Gasteiger charge is 2.14.